The summed E-state index contributed by atoms with van der Waals surface area (Å²) in [6, 6.07) is 28.3. The van der Waals surface area contributed by atoms with Gasteiger partial charge in [0, 0.05) is 12.2 Å². The van der Waals surface area contributed by atoms with Gasteiger partial charge in [0.25, 0.3) is 0 Å². The molecule has 1 N–H and O–H groups in total. The molecule has 0 radical (unpaired) electrons. The van der Waals surface area contributed by atoms with Crippen LogP contribution < -0.4 is 15.0 Å². The van der Waals surface area contributed by atoms with E-state index in [0.717, 1.165) is 5.56 Å². The van der Waals surface area contributed by atoms with Crippen LogP contribution in [0.3, 0.4) is 0 Å². The first kappa shape index (κ1) is 26.6. The Labute approximate surface area is 231 Å². The van der Waals surface area contributed by atoms with Crippen LogP contribution in [-0.4, -0.2) is 33.4 Å². The number of aromatic nitrogens is 3. The summed E-state index contributed by atoms with van der Waals surface area (Å²) in [5.41, 5.74) is 3.17. The minimum absolute atomic E-state index is 0.183. The Morgan fingerprint density at radius 3 is 2.35 bits per heavy atom. The van der Waals surface area contributed by atoms with Crippen molar-refractivity contribution in [2.45, 2.75) is 26.1 Å². The summed E-state index contributed by atoms with van der Waals surface area (Å²) in [6.45, 7) is 2.46. The average molecular weight is 538 g/mol. The zero-order chi connectivity index (χ0) is 27.9. The quantitative estimate of drug-likeness (QED) is 0.269. The zero-order valence-electron chi connectivity index (χ0n) is 21.9. The van der Waals surface area contributed by atoms with Crippen LogP contribution in [0.1, 0.15) is 24.1 Å². The highest BCUT2D eigenvalue weighted by Crippen LogP contribution is 2.30. The Hall–Kier alpha value is -5.05. The molecule has 0 spiro atoms. The fraction of sp³-hybridized carbons (Fsp3) is 0.161. The Kier molecular flexibility index (Phi) is 8.10. The number of ether oxygens (including phenoxy) is 1. The largest absolute Gasteiger partial charge is 0.494 e. The van der Waals surface area contributed by atoms with Crippen LogP contribution in [0.15, 0.2) is 103 Å². The molecular weight excluding hydrogens is 509 g/mol. The standard InChI is InChI=1S/C31H28FN5O3/c1-2-40-26-18-12-23(13-19-26)30(31(39)33-20-22-8-4-3-5-9-22)37(25-16-14-24(32)15-17-25)29(38)21-36-28-11-7-6-10-27(28)34-35-36/h3-19,30H,2,20-21H2,1H3,(H,33,39)/t30-/m0/s1. The van der Waals surface area contributed by atoms with Gasteiger partial charge in [-0.05, 0) is 66.6 Å². The number of carbonyl (C=O) groups is 2. The second kappa shape index (κ2) is 12.2. The maximum Gasteiger partial charge on any atom is 0.249 e. The number of carbonyl (C=O) groups excluding carboxylic acids is 2. The number of hydrogen-bond acceptors (Lipinski definition) is 5. The third-order valence-electron chi connectivity index (χ3n) is 6.40. The number of anilines is 1. The molecule has 2 amide bonds. The van der Waals surface area contributed by atoms with Crippen LogP contribution in [0, 0.1) is 5.82 Å². The first-order chi connectivity index (χ1) is 19.5. The molecule has 0 saturated heterocycles. The Balaban J connectivity index is 1.54. The van der Waals surface area contributed by atoms with Gasteiger partial charge >= 0.3 is 0 Å². The molecule has 0 aliphatic rings. The summed E-state index contributed by atoms with van der Waals surface area (Å²) in [7, 11) is 0. The topological polar surface area (TPSA) is 89.4 Å². The molecule has 1 aromatic heterocycles. The van der Waals surface area contributed by atoms with Gasteiger partial charge in [0.05, 0.1) is 12.1 Å². The number of benzene rings is 4. The highest BCUT2D eigenvalue weighted by molar-refractivity contribution is 6.01. The van der Waals surface area contributed by atoms with Crippen molar-refractivity contribution >= 4 is 28.5 Å². The minimum atomic E-state index is -1.06. The molecule has 0 aliphatic carbocycles. The average Bonchev–Trinajstić information content (AvgIpc) is 3.39. The van der Waals surface area contributed by atoms with Gasteiger partial charge in [-0.1, -0.05) is 59.8 Å². The third-order valence-corrected chi connectivity index (χ3v) is 6.40. The maximum atomic E-state index is 14.0. The van der Waals surface area contributed by atoms with E-state index in [4.69, 9.17) is 4.74 Å². The molecular formula is C31H28FN5O3. The second-order valence-corrected chi connectivity index (χ2v) is 9.08. The Bertz CT molecular complexity index is 1590. The van der Waals surface area contributed by atoms with Gasteiger partial charge in [-0.25, -0.2) is 9.07 Å². The van der Waals surface area contributed by atoms with Gasteiger partial charge in [-0.3, -0.25) is 14.5 Å². The first-order valence-corrected chi connectivity index (χ1v) is 12.9. The number of amides is 2. The van der Waals surface area contributed by atoms with Crippen molar-refractivity contribution in [1.82, 2.24) is 20.3 Å². The highest BCUT2D eigenvalue weighted by Gasteiger charge is 2.33. The van der Waals surface area contributed by atoms with Gasteiger partial charge in [0.15, 0.2) is 0 Å². The number of fused-ring (bicyclic) bond motifs is 1. The maximum absolute atomic E-state index is 14.0. The minimum Gasteiger partial charge on any atom is -0.494 e. The van der Waals surface area contributed by atoms with Crippen molar-refractivity contribution in [3.8, 4) is 5.75 Å². The number of nitrogens with one attached hydrogen (secondary N) is 1. The summed E-state index contributed by atoms with van der Waals surface area (Å²) in [4.78, 5) is 29.3. The number of hydrogen-bond donors (Lipinski definition) is 1. The molecule has 4 aromatic carbocycles. The predicted molar refractivity (Wildman–Crippen MR) is 150 cm³/mol. The van der Waals surface area contributed by atoms with Crippen LogP contribution >= 0.6 is 0 Å². The van der Waals surface area contributed by atoms with Crippen molar-refractivity contribution < 1.29 is 18.7 Å². The van der Waals surface area contributed by atoms with Crippen molar-refractivity contribution in [1.29, 1.82) is 0 Å². The van der Waals surface area contributed by atoms with Crippen molar-refractivity contribution in [2.75, 3.05) is 11.5 Å². The normalized spacial score (nSPS) is 11.7. The summed E-state index contributed by atoms with van der Waals surface area (Å²) >= 11 is 0. The highest BCUT2D eigenvalue weighted by atomic mass is 19.1. The molecule has 8 nitrogen and oxygen atoms in total. The summed E-state index contributed by atoms with van der Waals surface area (Å²) in [6.07, 6.45) is 0. The number of nitrogens with zero attached hydrogens (tertiary/aromatic N) is 4. The molecule has 0 fully saturated rings. The van der Waals surface area contributed by atoms with E-state index in [1.165, 1.54) is 33.8 Å². The molecule has 5 rings (SSSR count). The van der Waals surface area contributed by atoms with Gasteiger partial charge in [0.2, 0.25) is 11.8 Å². The fourth-order valence-electron chi connectivity index (χ4n) is 4.49. The molecule has 1 heterocycles. The van der Waals surface area contributed by atoms with E-state index in [1.807, 2.05) is 55.5 Å². The van der Waals surface area contributed by atoms with E-state index in [9.17, 15) is 14.0 Å². The molecule has 0 saturated carbocycles. The molecule has 0 bridgehead atoms. The van der Waals surface area contributed by atoms with E-state index >= 15 is 0 Å². The van der Waals surface area contributed by atoms with E-state index in [1.54, 1.807) is 30.3 Å². The van der Waals surface area contributed by atoms with Gasteiger partial charge < -0.3 is 10.1 Å². The second-order valence-electron chi connectivity index (χ2n) is 9.08. The smallest absolute Gasteiger partial charge is 0.249 e. The zero-order valence-corrected chi connectivity index (χ0v) is 21.9. The predicted octanol–water partition coefficient (Wildman–Crippen LogP) is 5.06. The summed E-state index contributed by atoms with van der Waals surface area (Å²) in [5.74, 6) is -0.627. The molecule has 0 aliphatic heterocycles. The van der Waals surface area contributed by atoms with Gasteiger partial charge in [-0.2, -0.15) is 0 Å². The molecule has 1 atom stereocenters. The molecule has 9 heteroatoms. The third kappa shape index (κ3) is 5.99. The SMILES string of the molecule is CCOc1ccc([C@@H](C(=O)NCc2ccccc2)N(C(=O)Cn2nnc3ccccc32)c2ccc(F)cc2)cc1. The van der Waals surface area contributed by atoms with E-state index in [-0.39, 0.29) is 13.1 Å². The van der Waals surface area contributed by atoms with Gasteiger partial charge in [-0.15, -0.1) is 5.10 Å². The lowest BCUT2D eigenvalue weighted by atomic mass is 10.0. The first-order valence-electron chi connectivity index (χ1n) is 12.9. The number of para-hydroxylation sites is 1. The lowest BCUT2D eigenvalue weighted by molar-refractivity contribution is -0.127. The Morgan fingerprint density at radius 2 is 1.62 bits per heavy atom. The van der Waals surface area contributed by atoms with E-state index in [2.05, 4.69) is 15.6 Å². The van der Waals surface area contributed by atoms with E-state index in [0.29, 0.717) is 34.6 Å². The lowest BCUT2D eigenvalue weighted by Crippen LogP contribution is -2.45. The lowest BCUT2D eigenvalue weighted by Gasteiger charge is -2.31. The van der Waals surface area contributed by atoms with Crippen LogP contribution in [0.25, 0.3) is 11.0 Å². The van der Waals surface area contributed by atoms with Crippen LogP contribution in [0.5, 0.6) is 5.75 Å². The summed E-state index contributed by atoms with van der Waals surface area (Å²) in [5, 5.41) is 11.3. The molecule has 40 heavy (non-hydrogen) atoms. The molecule has 0 unspecified atom stereocenters. The fourth-order valence-corrected chi connectivity index (χ4v) is 4.49. The molecule has 202 valence electrons. The van der Waals surface area contributed by atoms with Gasteiger partial charge in [0.1, 0.15) is 29.7 Å². The van der Waals surface area contributed by atoms with Crippen molar-refractivity contribution in [2.24, 2.45) is 0 Å². The monoisotopic (exact) mass is 537 g/mol. The Morgan fingerprint density at radius 1 is 0.925 bits per heavy atom. The van der Waals surface area contributed by atoms with Crippen molar-refractivity contribution in [3.05, 3.63) is 120 Å². The summed E-state index contributed by atoms with van der Waals surface area (Å²) < 4.78 is 21.0. The van der Waals surface area contributed by atoms with E-state index < -0.39 is 23.7 Å². The number of rotatable bonds is 10. The van der Waals surface area contributed by atoms with Crippen molar-refractivity contribution in [3.63, 3.8) is 0 Å². The molecule has 5 aromatic rings. The van der Waals surface area contributed by atoms with Crippen LogP contribution in [-0.2, 0) is 22.7 Å². The van der Waals surface area contributed by atoms with Crippen LogP contribution in [0.4, 0.5) is 10.1 Å². The van der Waals surface area contributed by atoms with Crippen LogP contribution in [0.2, 0.25) is 0 Å². The number of halogens is 1.